The van der Waals surface area contributed by atoms with E-state index in [0.717, 1.165) is 7.11 Å². The van der Waals surface area contributed by atoms with E-state index in [1.807, 2.05) is 0 Å². The molecule has 0 radical (unpaired) electrons. The number of fused-ring (bicyclic) bond motifs is 5. The van der Waals surface area contributed by atoms with Gasteiger partial charge in [0.25, 0.3) is 0 Å². The van der Waals surface area contributed by atoms with E-state index in [9.17, 15) is 24.3 Å². The summed E-state index contributed by atoms with van der Waals surface area (Å²) in [6.07, 6.45) is 3.07. The van der Waals surface area contributed by atoms with Gasteiger partial charge in [0.15, 0.2) is 34.0 Å². The van der Waals surface area contributed by atoms with Crippen LogP contribution in [0, 0.1) is 5.41 Å². The number of aliphatic hydroxyl groups is 1. The highest BCUT2D eigenvalue weighted by molar-refractivity contribution is 6.36. The van der Waals surface area contributed by atoms with Gasteiger partial charge < -0.3 is 14.6 Å². The average molecular weight is 456 g/mol. The van der Waals surface area contributed by atoms with Crippen LogP contribution in [-0.2, 0) is 19.9 Å². The van der Waals surface area contributed by atoms with Crippen LogP contribution in [0.25, 0.3) is 0 Å². The molecule has 2 bridgehead atoms. The summed E-state index contributed by atoms with van der Waals surface area (Å²) in [7, 11) is 1.10. The van der Waals surface area contributed by atoms with Crippen molar-refractivity contribution in [3.63, 3.8) is 0 Å². The maximum absolute atomic E-state index is 14.3. The van der Waals surface area contributed by atoms with E-state index in [-0.39, 0.29) is 33.4 Å². The van der Waals surface area contributed by atoms with Crippen LogP contribution in [0.3, 0.4) is 0 Å². The molecule has 1 aliphatic heterocycles. The molecular weight excluding hydrogens is 436 g/mol. The number of carbonyl (C=O) groups excluding carboxylic acids is 4. The third-order valence-corrected chi connectivity index (χ3v) is 7.49. The van der Waals surface area contributed by atoms with E-state index < -0.39 is 45.5 Å². The van der Waals surface area contributed by atoms with Gasteiger partial charge in [0.1, 0.15) is 0 Å². The highest BCUT2D eigenvalue weighted by Crippen LogP contribution is 2.70. The van der Waals surface area contributed by atoms with E-state index in [4.69, 9.17) is 9.47 Å². The fraction of sp³-hybridized carbons (Fsp3) is 0.259. The van der Waals surface area contributed by atoms with Crippen molar-refractivity contribution in [2.75, 3.05) is 7.11 Å². The van der Waals surface area contributed by atoms with Crippen LogP contribution in [0.1, 0.15) is 50.5 Å². The Kier molecular flexibility index (Phi) is 3.72. The molecule has 0 saturated heterocycles. The third-order valence-electron chi connectivity index (χ3n) is 7.49. The summed E-state index contributed by atoms with van der Waals surface area (Å²) in [4.78, 5) is 56.0. The molecule has 0 saturated carbocycles. The average Bonchev–Trinajstić information content (AvgIpc) is 3.24. The molecule has 7 heteroatoms. The Hall–Kier alpha value is -3.68. The molecule has 3 aliphatic carbocycles. The molecular formula is C27H20O7. The number of ether oxygens (including phenoxy) is 2. The van der Waals surface area contributed by atoms with Gasteiger partial charge in [-0.3, -0.25) is 19.2 Å². The molecule has 2 aromatic rings. The summed E-state index contributed by atoms with van der Waals surface area (Å²) in [6, 6.07) is 12.4. The largest absolute Gasteiger partial charge is 0.468 e. The third kappa shape index (κ3) is 1.91. The molecule has 4 aliphatic rings. The molecule has 170 valence electrons. The first kappa shape index (κ1) is 20.9. The van der Waals surface area contributed by atoms with Crippen molar-refractivity contribution in [1.29, 1.82) is 0 Å². The van der Waals surface area contributed by atoms with Crippen molar-refractivity contribution >= 4 is 23.3 Å². The molecule has 2 aromatic carbocycles. The van der Waals surface area contributed by atoms with Crippen LogP contribution in [0.2, 0.25) is 0 Å². The van der Waals surface area contributed by atoms with E-state index in [0.29, 0.717) is 0 Å². The lowest BCUT2D eigenvalue weighted by atomic mass is 9.56. The lowest BCUT2D eigenvalue weighted by Gasteiger charge is -2.51. The number of hydrogen-bond donors (Lipinski definition) is 1. The number of benzene rings is 2. The quantitative estimate of drug-likeness (QED) is 0.399. The van der Waals surface area contributed by atoms with Crippen LogP contribution in [0.5, 0.6) is 0 Å². The first-order chi connectivity index (χ1) is 16.1. The molecule has 6 rings (SSSR count). The SMILES string of the molecule is COC(=O)[C@@]12C(=O)c3ccccc3[C@@](O)(C3=C1C(=O)c1ccccc1C3=O)[C@]21C=CC(C)(C)O1. The first-order valence-electron chi connectivity index (χ1n) is 10.9. The van der Waals surface area contributed by atoms with Gasteiger partial charge in [-0.2, -0.15) is 0 Å². The molecule has 0 amide bonds. The Bertz CT molecular complexity index is 1440. The summed E-state index contributed by atoms with van der Waals surface area (Å²) in [5.41, 5.74) is -8.25. The van der Waals surface area contributed by atoms with E-state index in [1.54, 1.807) is 44.2 Å². The molecule has 1 spiro atoms. The zero-order valence-electron chi connectivity index (χ0n) is 18.7. The van der Waals surface area contributed by atoms with E-state index in [2.05, 4.69) is 0 Å². The molecule has 0 fully saturated rings. The van der Waals surface area contributed by atoms with Gasteiger partial charge in [-0.1, -0.05) is 54.6 Å². The number of carbonyl (C=O) groups is 4. The van der Waals surface area contributed by atoms with Gasteiger partial charge >= 0.3 is 5.97 Å². The van der Waals surface area contributed by atoms with Crippen molar-refractivity contribution in [3.8, 4) is 0 Å². The van der Waals surface area contributed by atoms with Crippen molar-refractivity contribution in [3.05, 3.63) is 94.1 Å². The molecule has 3 atom stereocenters. The second-order valence-electron chi connectivity index (χ2n) is 9.56. The lowest BCUT2D eigenvalue weighted by Crippen LogP contribution is -2.68. The second kappa shape index (κ2) is 6.05. The van der Waals surface area contributed by atoms with Gasteiger partial charge in [-0.15, -0.1) is 0 Å². The van der Waals surface area contributed by atoms with Crippen molar-refractivity contribution in [2.24, 2.45) is 5.41 Å². The standard InChI is InChI=1S/C27H20O7/c1-24(2)12-13-25(34-24)26(23(31)33-3)18-19(21(29)15-9-5-4-8-14(15)20(18)28)27(25,32)17-11-7-6-10-16(17)22(26)30/h4-13,32H,1-3H3/t25-,26-,27+/m0/s1. The number of esters is 1. The molecule has 7 nitrogen and oxygen atoms in total. The zero-order chi connectivity index (χ0) is 24.3. The van der Waals surface area contributed by atoms with Crippen LogP contribution in [0.4, 0.5) is 0 Å². The topological polar surface area (TPSA) is 107 Å². The zero-order valence-corrected chi connectivity index (χ0v) is 18.7. The van der Waals surface area contributed by atoms with Crippen LogP contribution in [0.15, 0.2) is 71.8 Å². The predicted molar refractivity (Wildman–Crippen MR) is 118 cm³/mol. The van der Waals surface area contributed by atoms with Gasteiger partial charge in [-0.05, 0) is 19.9 Å². The van der Waals surface area contributed by atoms with Crippen molar-refractivity contribution < 1.29 is 33.8 Å². The summed E-state index contributed by atoms with van der Waals surface area (Å²) in [6.45, 7) is 3.41. The Labute approximate surface area is 194 Å². The summed E-state index contributed by atoms with van der Waals surface area (Å²) in [5.74, 6) is -3.15. The van der Waals surface area contributed by atoms with Crippen LogP contribution in [-0.4, -0.2) is 46.7 Å². The minimum absolute atomic E-state index is 0.0294. The van der Waals surface area contributed by atoms with E-state index in [1.165, 1.54) is 30.3 Å². The van der Waals surface area contributed by atoms with Crippen molar-refractivity contribution in [1.82, 2.24) is 0 Å². The second-order valence-corrected chi connectivity index (χ2v) is 9.56. The number of hydrogen-bond acceptors (Lipinski definition) is 7. The fourth-order valence-electron chi connectivity index (χ4n) is 6.23. The molecule has 0 unspecified atom stereocenters. The maximum atomic E-state index is 14.3. The van der Waals surface area contributed by atoms with Gasteiger partial charge in [0.2, 0.25) is 0 Å². The Morgan fingerprint density at radius 1 is 0.853 bits per heavy atom. The van der Waals surface area contributed by atoms with E-state index >= 15 is 0 Å². The monoisotopic (exact) mass is 456 g/mol. The normalized spacial score (nSPS) is 32.1. The van der Waals surface area contributed by atoms with Crippen LogP contribution >= 0.6 is 0 Å². The molecule has 1 heterocycles. The molecule has 1 N–H and O–H groups in total. The summed E-state index contributed by atoms with van der Waals surface area (Å²) < 4.78 is 11.5. The maximum Gasteiger partial charge on any atom is 0.328 e. The number of Topliss-reactive ketones (excluding diaryl/α,β-unsaturated/α-hetero) is 3. The first-order valence-corrected chi connectivity index (χ1v) is 10.9. The van der Waals surface area contributed by atoms with Crippen LogP contribution < -0.4 is 0 Å². The van der Waals surface area contributed by atoms with Crippen molar-refractivity contribution in [2.45, 2.75) is 30.7 Å². The highest BCUT2D eigenvalue weighted by atomic mass is 16.6. The fourth-order valence-corrected chi connectivity index (χ4v) is 6.23. The Morgan fingerprint density at radius 2 is 1.41 bits per heavy atom. The minimum Gasteiger partial charge on any atom is -0.468 e. The Morgan fingerprint density at radius 3 is 1.97 bits per heavy atom. The highest BCUT2D eigenvalue weighted by Gasteiger charge is 2.85. The molecule has 34 heavy (non-hydrogen) atoms. The lowest BCUT2D eigenvalue weighted by molar-refractivity contribution is -0.208. The number of ketones is 3. The van der Waals surface area contributed by atoms with Gasteiger partial charge in [0, 0.05) is 33.4 Å². The summed E-state index contributed by atoms with van der Waals surface area (Å²) in [5, 5.41) is 12.6. The predicted octanol–water partition coefficient (Wildman–Crippen LogP) is 2.72. The van der Waals surface area contributed by atoms with Gasteiger partial charge in [-0.25, -0.2) is 0 Å². The Balaban J connectivity index is 1.85. The number of rotatable bonds is 1. The van der Waals surface area contributed by atoms with Gasteiger partial charge in [0.05, 0.1) is 12.7 Å². The minimum atomic E-state index is -2.41. The number of methoxy groups -OCH3 is 1. The molecule has 0 aromatic heterocycles. The summed E-state index contributed by atoms with van der Waals surface area (Å²) >= 11 is 0. The smallest absolute Gasteiger partial charge is 0.328 e.